The topological polar surface area (TPSA) is 81.1 Å². The number of nitrogens with zero attached hydrogens (tertiary/aromatic N) is 1. The van der Waals surface area contributed by atoms with Gasteiger partial charge in [-0.25, -0.2) is 4.98 Å². The first-order chi connectivity index (χ1) is 10.1. The lowest BCUT2D eigenvalue weighted by atomic mass is 10.1. The van der Waals surface area contributed by atoms with Gasteiger partial charge in [0.05, 0.1) is 11.4 Å². The average molecular weight is 364 g/mol. The van der Waals surface area contributed by atoms with Crippen molar-refractivity contribution in [1.29, 1.82) is 0 Å². The quantitative estimate of drug-likeness (QED) is 0.736. The Balaban J connectivity index is 1.91. The van der Waals surface area contributed by atoms with Crippen LogP contribution < -0.4 is 11.1 Å². The number of para-hydroxylation sites is 1. The maximum Gasteiger partial charge on any atom is 0.291 e. The van der Waals surface area contributed by atoms with Crippen LogP contribution in [0.15, 0.2) is 50.9 Å². The smallest absolute Gasteiger partial charge is 0.291 e. The molecule has 3 rings (SSSR count). The number of carbonyl (C=O) groups excluding carboxylic acids is 1. The third kappa shape index (κ3) is 2.98. The molecule has 0 unspecified atom stereocenters. The van der Waals surface area contributed by atoms with E-state index in [-0.39, 0.29) is 11.7 Å². The standard InChI is InChI=1S/C14H10BrN3O2S/c15-12-6-5-11(20-12)13(19)17-9-4-2-1-3-8(9)10-7-21-14(16)18-10/h1-7H,(H2,16,18)(H,17,19). The summed E-state index contributed by atoms with van der Waals surface area (Å²) in [6.45, 7) is 0. The number of rotatable bonds is 3. The van der Waals surface area contributed by atoms with E-state index in [2.05, 4.69) is 26.2 Å². The highest BCUT2D eigenvalue weighted by molar-refractivity contribution is 9.10. The number of nitrogen functional groups attached to an aromatic ring is 1. The summed E-state index contributed by atoms with van der Waals surface area (Å²) in [5, 5.41) is 5.16. The lowest BCUT2D eigenvalue weighted by molar-refractivity contribution is 0.0995. The molecular formula is C14H10BrN3O2S. The predicted molar refractivity (Wildman–Crippen MR) is 86.3 cm³/mol. The summed E-state index contributed by atoms with van der Waals surface area (Å²) in [4.78, 5) is 16.4. The van der Waals surface area contributed by atoms with E-state index in [0.717, 1.165) is 11.3 Å². The zero-order chi connectivity index (χ0) is 14.8. The molecule has 0 fully saturated rings. The summed E-state index contributed by atoms with van der Waals surface area (Å²) in [5.41, 5.74) is 7.85. The lowest BCUT2D eigenvalue weighted by Crippen LogP contribution is -2.11. The van der Waals surface area contributed by atoms with Crippen LogP contribution in [0.3, 0.4) is 0 Å². The van der Waals surface area contributed by atoms with Gasteiger partial charge in [0, 0.05) is 10.9 Å². The van der Waals surface area contributed by atoms with E-state index < -0.39 is 0 Å². The van der Waals surface area contributed by atoms with Crippen LogP contribution in [-0.4, -0.2) is 10.9 Å². The summed E-state index contributed by atoms with van der Waals surface area (Å²) < 4.78 is 5.75. The molecule has 7 heteroatoms. The third-order valence-electron chi connectivity index (χ3n) is 2.77. The number of furan rings is 1. The first kappa shape index (κ1) is 13.8. The van der Waals surface area contributed by atoms with E-state index in [1.54, 1.807) is 18.2 Å². The molecule has 3 N–H and O–H groups in total. The van der Waals surface area contributed by atoms with Gasteiger partial charge in [0.25, 0.3) is 5.91 Å². The molecule has 1 amide bonds. The fraction of sp³-hybridized carbons (Fsp3) is 0. The van der Waals surface area contributed by atoms with Gasteiger partial charge in [-0.05, 0) is 34.1 Å². The Morgan fingerprint density at radius 3 is 2.76 bits per heavy atom. The highest BCUT2D eigenvalue weighted by Gasteiger charge is 2.14. The molecule has 0 saturated carbocycles. The number of carbonyl (C=O) groups is 1. The fourth-order valence-corrected chi connectivity index (χ4v) is 2.72. The molecule has 1 aromatic carbocycles. The van der Waals surface area contributed by atoms with E-state index >= 15 is 0 Å². The number of hydrogen-bond acceptors (Lipinski definition) is 5. The normalized spacial score (nSPS) is 10.5. The SMILES string of the molecule is Nc1nc(-c2ccccc2NC(=O)c2ccc(Br)o2)cs1. The van der Waals surface area contributed by atoms with Crippen molar-refractivity contribution in [3.05, 3.63) is 52.2 Å². The Bertz CT molecular complexity index is 797. The van der Waals surface area contributed by atoms with Gasteiger partial charge in [0.1, 0.15) is 0 Å². The van der Waals surface area contributed by atoms with Crippen LogP contribution in [0.2, 0.25) is 0 Å². The summed E-state index contributed by atoms with van der Waals surface area (Å²) >= 11 is 4.53. The predicted octanol–water partition coefficient (Wildman–Crippen LogP) is 4.00. The van der Waals surface area contributed by atoms with Crippen molar-refractivity contribution in [3.63, 3.8) is 0 Å². The molecular weight excluding hydrogens is 354 g/mol. The second-order valence-electron chi connectivity index (χ2n) is 4.17. The minimum Gasteiger partial charge on any atom is -0.444 e. The zero-order valence-corrected chi connectivity index (χ0v) is 13.1. The van der Waals surface area contributed by atoms with E-state index in [4.69, 9.17) is 10.2 Å². The lowest BCUT2D eigenvalue weighted by Gasteiger charge is -2.08. The van der Waals surface area contributed by atoms with Gasteiger partial charge in [-0.3, -0.25) is 4.79 Å². The van der Waals surface area contributed by atoms with Gasteiger partial charge < -0.3 is 15.5 Å². The van der Waals surface area contributed by atoms with Crippen LogP contribution in [0.1, 0.15) is 10.6 Å². The fourth-order valence-electron chi connectivity index (χ4n) is 1.85. The highest BCUT2D eigenvalue weighted by atomic mass is 79.9. The third-order valence-corrected chi connectivity index (χ3v) is 3.87. The number of nitrogens with two attached hydrogens (primary N) is 1. The van der Waals surface area contributed by atoms with E-state index in [1.807, 2.05) is 23.6 Å². The zero-order valence-electron chi connectivity index (χ0n) is 10.7. The number of halogens is 1. The molecule has 3 aromatic rings. The molecule has 2 aromatic heterocycles. The summed E-state index contributed by atoms with van der Waals surface area (Å²) in [6, 6.07) is 10.7. The maximum absolute atomic E-state index is 12.1. The number of aromatic nitrogens is 1. The average Bonchev–Trinajstić information content (AvgIpc) is 3.08. The first-order valence-corrected chi connectivity index (χ1v) is 7.68. The van der Waals surface area contributed by atoms with E-state index in [9.17, 15) is 4.79 Å². The molecule has 0 spiro atoms. The Morgan fingerprint density at radius 1 is 1.29 bits per heavy atom. The highest BCUT2D eigenvalue weighted by Crippen LogP contribution is 2.30. The van der Waals surface area contributed by atoms with Gasteiger partial charge in [-0.1, -0.05) is 18.2 Å². The van der Waals surface area contributed by atoms with Crippen LogP contribution in [0, 0.1) is 0 Å². The Morgan fingerprint density at radius 2 is 2.10 bits per heavy atom. The second-order valence-corrected chi connectivity index (χ2v) is 5.85. The molecule has 5 nitrogen and oxygen atoms in total. The monoisotopic (exact) mass is 363 g/mol. The molecule has 0 aliphatic carbocycles. The summed E-state index contributed by atoms with van der Waals surface area (Å²) in [6.07, 6.45) is 0. The van der Waals surface area contributed by atoms with Gasteiger partial charge in [-0.2, -0.15) is 0 Å². The number of anilines is 2. The van der Waals surface area contributed by atoms with Crippen molar-refractivity contribution in [2.45, 2.75) is 0 Å². The number of amides is 1. The van der Waals surface area contributed by atoms with Crippen molar-refractivity contribution in [3.8, 4) is 11.3 Å². The molecule has 0 atom stereocenters. The van der Waals surface area contributed by atoms with Crippen molar-refractivity contribution in [2.75, 3.05) is 11.1 Å². The Kier molecular flexibility index (Phi) is 3.76. The van der Waals surface area contributed by atoms with Gasteiger partial charge in [0.2, 0.25) is 0 Å². The van der Waals surface area contributed by atoms with Gasteiger partial charge in [-0.15, -0.1) is 11.3 Å². The van der Waals surface area contributed by atoms with Crippen LogP contribution in [0.25, 0.3) is 11.3 Å². The summed E-state index contributed by atoms with van der Waals surface area (Å²) in [7, 11) is 0. The van der Waals surface area contributed by atoms with Gasteiger partial charge >= 0.3 is 0 Å². The molecule has 21 heavy (non-hydrogen) atoms. The minimum absolute atomic E-state index is 0.231. The molecule has 0 aliphatic heterocycles. The van der Waals surface area contributed by atoms with Crippen molar-refractivity contribution >= 4 is 44.0 Å². The number of thiazole rings is 1. The molecule has 0 saturated heterocycles. The van der Waals surface area contributed by atoms with Crippen molar-refractivity contribution < 1.29 is 9.21 Å². The Hall–Kier alpha value is -2.12. The van der Waals surface area contributed by atoms with Crippen molar-refractivity contribution in [1.82, 2.24) is 4.98 Å². The van der Waals surface area contributed by atoms with E-state index in [0.29, 0.717) is 15.5 Å². The minimum atomic E-state index is -0.323. The molecule has 0 aliphatic rings. The maximum atomic E-state index is 12.1. The van der Waals surface area contributed by atoms with Crippen LogP contribution in [0.5, 0.6) is 0 Å². The molecule has 0 bridgehead atoms. The van der Waals surface area contributed by atoms with Crippen molar-refractivity contribution in [2.24, 2.45) is 0 Å². The Labute approximate surface area is 132 Å². The van der Waals surface area contributed by atoms with Crippen LogP contribution in [0.4, 0.5) is 10.8 Å². The molecule has 0 radical (unpaired) electrons. The second kappa shape index (κ2) is 5.71. The number of nitrogens with one attached hydrogen (secondary N) is 1. The number of hydrogen-bond donors (Lipinski definition) is 2. The van der Waals surface area contributed by atoms with Gasteiger partial charge in [0.15, 0.2) is 15.6 Å². The largest absolute Gasteiger partial charge is 0.444 e. The number of benzene rings is 1. The van der Waals surface area contributed by atoms with Crippen LogP contribution >= 0.6 is 27.3 Å². The molecule has 2 heterocycles. The molecule has 106 valence electrons. The summed E-state index contributed by atoms with van der Waals surface area (Å²) in [5.74, 6) is -0.0918. The van der Waals surface area contributed by atoms with E-state index in [1.165, 1.54) is 11.3 Å². The van der Waals surface area contributed by atoms with Crippen LogP contribution in [-0.2, 0) is 0 Å². The first-order valence-electron chi connectivity index (χ1n) is 6.00.